The van der Waals surface area contributed by atoms with Gasteiger partial charge in [-0.25, -0.2) is 0 Å². The van der Waals surface area contributed by atoms with Gasteiger partial charge in [-0.15, -0.1) is 11.8 Å². The molecule has 2 N–H and O–H groups in total. The first-order chi connectivity index (χ1) is 13.6. The number of carbonyl (C=O) groups excluding carboxylic acids is 3. The molecule has 3 amide bonds. The summed E-state index contributed by atoms with van der Waals surface area (Å²) < 4.78 is 0. The number of nitrogens with zero attached hydrogens (tertiary/aromatic N) is 2. The van der Waals surface area contributed by atoms with Crippen LogP contribution in [0.3, 0.4) is 0 Å². The second-order valence-corrected chi connectivity index (χ2v) is 9.48. The molecular weight excluding hydrogens is 376 g/mol. The highest BCUT2D eigenvalue weighted by molar-refractivity contribution is 8.00. The van der Waals surface area contributed by atoms with E-state index in [9.17, 15) is 14.4 Å². The van der Waals surface area contributed by atoms with E-state index in [0.717, 1.165) is 49.3 Å². The van der Waals surface area contributed by atoms with Crippen molar-refractivity contribution in [1.82, 2.24) is 20.4 Å². The van der Waals surface area contributed by atoms with Crippen molar-refractivity contribution < 1.29 is 14.4 Å². The third kappa shape index (κ3) is 2.86. The van der Waals surface area contributed by atoms with E-state index in [4.69, 9.17) is 0 Å². The Balaban J connectivity index is 1.40. The minimum atomic E-state index is -0.557. The van der Waals surface area contributed by atoms with Gasteiger partial charge in [-0.2, -0.15) is 0 Å². The highest BCUT2D eigenvalue weighted by Crippen LogP contribution is 2.39. The second-order valence-electron chi connectivity index (χ2n) is 8.02. The number of amides is 3. The average molecular weight is 401 g/mol. The van der Waals surface area contributed by atoms with E-state index in [1.165, 1.54) is 5.75 Å². The van der Waals surface area contributed by atoms with E-state index in [1.54, 1.807) is 4.90 Å². The minimum Gasteiger partial charge on any atom is -0.322 e. The molecule has 0 bridgehead atoms. The lowest BCUT2D eigenvalue weighted by atomic mass is 10.0. The van der Waals surface area contributed by atoms with Crippen LogP contribution in [0.2, 0.25) is 0 Å². The van der Waals surface area contributed by atoms with Crippen molar-refractivity contribution in [3.8, 4) is 0 Å². The van der Waals surface area contributed by atoms with Crippen molar-refractivity contribution in [1.29, 1.82) is 0 Å². The molecule has 8 heteroatoms. The molecule has 4 aliphatic rings. The maximum Gasteiger partial charge on any atom is 0.255 e. The van der Waals surface area contributed by atoms with Crippen molar-refractivity contribution in [3.63, 3.8) is 0 Å². The van der Waals surface area contributed by atoms with Gasteiger partial charge in [-0.3, -0.25) is 24.6 Å². The van der Waals surface area contributed by atoms with Crippen molar-refractivity contribution in [3.05, 3.63) is 34.9 Å². The van der Waals surface area contributed by atoms with Crippen molar-refractivity contribution in [2.75, 3.05) is 25.4 Å². The normalized spacial score (nSPS) is 26.9. The molecule has 3 fully saturated rings. The molecule has 4 heterocycles. The lowest BCUT2D eigenvalue weighted by molar-refractivity contribution is -0.136. The van der Waals surface area contributed by atoms with E-state index in [0.29, 0.717) is 13.0 Å². The van der Waals surface area contributed by atoms with Crippen molar-refractivity contribution in [2.45, 2.75) is 43.3 Å². The third-order valence-corrected chi connectivity index (χ3v) is 7.90. The summed E-state index contributed by atoms with van der Waals surface area (Å²) in [5, 5.41) is 5.77. The number of imide groups is 1. The van der Waals surface area contributed by atoms with Gasteiger partial charge in [0.25, 0.3) is 5.91 Å². The number of nitrogens with one attached hydrogen (secondary N) is 2. The minimum absolute atomic E-state index is 0.0782. The molecule has 0 aromatic heterocycles. The van der Waals surface area contributed by atoms with Gasteiger partial charge in [0.2, 0.25) is 11.8 Å². The first-order valence-electron chi connectivity index (χ1n) is 9.93. The fourth-order valence-corrected chi connectivity index (χ4v) is 6.13. The monoisotopic (exact) mass is 400 g/mol. The Hall–Kier alpha value is -1.90. The number of hydrogen-bond donors (Lipinski definition) is 2. The maximum absolute atomic E-state index is 13.3. The standard InChI is InChI=1S/C20H24N4O3S/c25-16-6-5-15(18(26)22-16)24-10-14-4-1-3-13(17(14)19(24)27)9-23-7-2-8-28-20(23)11-21-12-20/h1,3-4,15,21H,2,5-12H2,(H,22,25,26). The van der Waals surface area contributed by atoms with Gasteiger partial charge >= 0.3 is 0 Å². The van der Waals surface area contributed by atoms with Crippen LogP contribution < -0.4 is 10.6 Å². The molecule has 1 spiro atoms. The van der Waals surface area contributed by atoms with Crippen LogP contribution in [0.1, 0.15) is 40.7 Å². The summed E-state index contributed by atoms with van der Waals surface area (Å²) in [6.07, 6.45) is 1.85. The topological polar surface area (TPSA) is 81.8 Å². The predicted octanol–water partition coefficient (Wildman–Crippen LogP) is 0.686. The molecule has 4 aliphatic heterocycles. The molecule has 0 radical (unpaired) electrons. The van der Waals surface area contributed by atoms with Gasteiger partial charge < -0.3 is 10.2 Å². The second kappa shape index (κ2) is 6.86. The summed E-state index contributed by atoms with van der Waals surface area (Å²) in [4.78, 5) is 41.3. The fraction of sp³-hybridized carbons (Fsp3) is 0.550. The number of benzene rings is 1. The molecular formula is C20H24N4O3S. The molecule has 1 aromatic rings. The SMILES string of the molecule is O=C1CCC(N2Cc3cccc(CN4CCCSC45CNC5)c3C2=O)C(=O)N1. The summed E-state index contributed by atoms with van der Waals surface area (Å²) in [6.45, 7) is 4.22. The van der Waals surface area contributed by atoms with Gasteiger partial charge in [-0.1, -0.05) is 18.2 Å². The zero-order valence-electron chi connectivity index (χ0n) is 15.7. The molecule has 0 saturated carbocycles. The predicted molar refractivity (Wildman–Crippen MR) is 106 cm³/mol. The molecule has 1 unspecified atom stereocenters. The first kappa shape index (κ1) is 18.1. The number of fused-ring (bicyclic) bond motifs is 1. The molecule has 3 saturated heterocycles. The Kier molecular flexibility index (Phi) is 4.45. The zero-order chi connectivity index (χ0) is 19.3. The summed E-state index contributed by atoms with van der Waals surface area (Å²) in [6, 6.07) is 5.48. The summed E-state index contributed by atoms with van der Waals surface area (Å²) in [7, 11) is 0. The van der Waals surface area contributed by atoms with Crippen LogP contribution in [0.4, 0.5) is 0 Å². The maximum atomic E-state index is 13.3. The van der Waals surface area contributed by atoms with Crippen LogP contribution in [0.15, 0.2) is 18.2 Å². The van der Waals surface area contributed by atoms with Gasteiger partial charge in [0, 0.05) is 44.7 Å². The Bertz CT molecular complexity index is 854. The van der Waals surface area contributed by atoms with Gasteiger partial charge in [0.05, 0.1) is 4.87 Å². The Labute approximate surface area is 168 Å². The molecule has 28 heavy (non-hydrogen) atoms. The summed E-state index contributed by atoms with van der Waals surface area (Å²) in [5.74, 6) is 0.498. The van der Waals surface area contributed by atoms with E-state index in [2.05, 4.69) is 15.5 Å². The lowest BCUT2D eigenvalue weighted by Crippen LogP contribution is -2.68. The van der Waals surface area contributed by atoms with Crippen LogP contribution in [0.5, 0.6) is 0 Å². The Morgan fingerprint density at radius 1 is 1.21 bits per heavy atom. The van der Waals surface area contributed by atoms with Crippen molar-refractivity contribution >= 4 is 29.5 Å². The summed E-state index contributed by atoms with van der Waals surface area (Å²) in [5.41, 5.74) is 2.79. The van der Waals surface area contributed by atoms with E-state index >= 15 is 0 Å². The Morgan fingerprint density at radius 3 is 2.82 bits per heavy atom. The summed E-state index contributed by atoms with van der Waals surface area (Å²) >= 11 is 2.02. The van der Waals surface area contributed by atoms with Gasteiger partial charge in [-0.05, 0) is 29.7 Å². The van der Waals surface area contributed by atoms with Crippen LogP contribution in [0.25, 0.3) is 0 Å². The molecule has 5 rings (SSSR count). The first-order valence-corrected chi connectivity index (χ1v) is 10.9. The fourth-order valence-electron chi connectivity index (χ4n) is 4.73. The largest absolute Gasteiger partial charge is 0.322 e. The van der Waals surface area contributed by atoms with E-state index in [-0.39, 0.29) is 29.0 Å². The lowest BCUT2D eigenvalue weighted by Gasteiger charge is -2.52. The number of thioether (sulfide) groups is 1. The number of piperidine rings is 1. The van der Waals surface area contributed by atoms with Crippen molar-refractivity contribution in [2.24, 2.45) is 0 Å². The molecule has 7 nitrogen and oxygen atoms in total. The Morgan fingerprint density at radius 2 is 2.07 bits per heavy atom. The third-order valence-electron chi connectivity index (χ3n) is 6.32. The molecule has 1 atom stereocenters. The number of hydrogen-bond acceptors (Lipinski definition) is 6. The number of carbonyl (C=O) groups is 3. The molecule has 1 aromatic carbocycles. The zero-order valence-corrected chi connectivity index (χ0v) is 16.5. The van der Waals surface area contributed by atoms with Gasteiger partial charge in [0.15, 0.2) is 0 Å². The molecule has 0 aliphatic carbocycles. The highest BCUT2D eigenvalue weighted by Gasteiger charge is 2.46. The van der Waals surface area contributed by atoms with Crippen LogP contribution >= 0.6 is 11.8 Å². The van der Waals surface area contributed by atoms with Crippen LogP contribution in [-0.2, 0) is 22.7 Å². The van der Waals surface area contributed by atoms with Crippen LogP contribution in [-0.4, -0.2) is 63.8 Å². The smallest absolute Gasteiger partial charge is 0.255 e. The van der Waals surface area contributed by atoms with E-state index < -0.39 is 6.04 Å². The quantitative estimate of drug-likeness (QED) is 0.727. The molecule has 148 valence electrons. The van der Waals surface area contributed by atoms with E-state index in [1.807, 2.05) is 30.0 Å². The highest BCUT2D eigenvalue weighted by atomic mass is 32.2. The van der Waals surface area contributed by atoms with Crippen LogP contribution in [0, 0.1) is 0 Å². The average Bonchev–Trinajstić information content (AvgIpc) is 2.98. The van der Waals surface area contributed by atoms with Gasteiger partial charge in [0.1, 0.15) is 6.04 Å². The number of rotatable bonds is 3.